The minimum atomic E-state index is -1.25. The molecule has 1 unspecified atom stereocenters. The Morgan fingerprint density at radius 2 is 2.22 bits per heavy atom. The van der Waals surface area contributed by atoms with Gasteiger partial charge in [-0.15, -0.1) is 11.8 Å². The molecule has 1 aromatic carbocycles. The van der Waals surface area contributed by atoms with Crippen LogP contribution in [0.15, 0.2) is 23.1 Å². The molecule has 1 aromatic rings. The lowest BCUT2D eigenvalue weighted by molar-refractivity contribution is -0.385. The van der Waals surface area contributed by atoms with Crippen LogP contribution >= 0.6 is 11.8 Å². The monoisotopic (exact) mass is 269 g/mol. The van der Waals surface area contributed by atoms with Gasteiger partial charge in [0, 0.05) is 35.5 Å². The maximum atomic E-state index is 11.9. The van der Waals surface area contributed by atoms with E-state index in [4.69, 9.17) is 9.47 Å². The van der Waals surface area contributed by atoms with Gasteiger partial charge in [0.15, 0.2) is 0 Å². The summed E-state index contributed by atoms with van der Waals surface area (Å²) in [5.41, 5.74) is -0.821. The Hall–Kier alpha value is -1.60. The SMILES string of the molecule is COC(=O)C1(OC)CSc2ccc([N+](=O)[O-])cc21. The topological polar surface area (TPSA) is 78.7 Å². The molecule has 0 amide bonds. The Bertz CT molecular complexity index is 518. The van der Waals surface area contributed by atoms with Gasteiger partial charge in [-0.1, -0.05) is 0 Å². The molecular formula is C11H11NO5S. The van der Waals surface area contributed by atoms with Crippen LogP contribution in [0.5, 0.6) is 0 Å². The number of hydrogen-bond donors (Lipinski definition) is 0. The van der Waals surface area contributed by atoms with Crippen molar-refractivity contribution in [1.82, 2.24) is 0 Å². The molecule has 0 saturated carbocycles. The Morgan fingerprint density at radius 3 is 2.78 bits per heavy atom. The van der Waals surface area contributed by atoms with Crippen LogP contribution in [0.1, 0.15) is 5.56 Å². The van der Waals surface area contributed by atoms with Crippen molar-refractivity contribution in [1.29, 1.82) is 0 Å². The first-order chi connectivity index (χ1) is 8.55. The van der Waals surface area contributed by atoms with Gasteiger partial charge in [-0.25, -0.2) is 4.79 Å². The predicted octanol–water partition coefficient (Wildman–Crippen LogP) is 1.72. The third-order valence-electron chi connectivity index (χ3n) is 2.90. The number of thioether (sulfide) groups is 1. The van der Waals surface area contributed by atoms with E-state index < -0.39 is 16.5 Å². The molecule has 2 rings (SSSR count). The number of benzene rings is 1. The van der Waals surface area contributed by atoms with Gasteiger partial charge in [0.25, 0.3) is 5.69 Å². The largest absolute Gasteiger partial charge is 0.467 e. The first kappa shape index (κ1) is 12.8. The van der Waals surface area contributed by atoms with Crippen molar-refractivity contribution in [3.63, 3.8) is 0 Å². The number of nitrogens with zero attached hydrogens (tertiary/aromatic N) is 1. The second kappa shape index (κ2) is 4.58. The first-order valence-electron chi connectivity index (χ1n) is 5.10. The number of esters is 1. The van der Waals surface area contributed by atoms with Crippen molar-refractivity contribution in [2.24, 2.45) is 0 Å². The Balaban J connectivity index is 2.56. The van der Waals surface area contributed by atoms with Crippen molar-refractivity contribution in [2.45, 2.75) is 10.5 Å². The van der Waals surface area contributed by atoms with E-state index in [1.807, 2.05) is 0 Å². The number of rotatable bonds is 3. The number of carbonyl (C=O) groups is 1. The molecule has 1 aliphatic rings. The number of ether oxygens (including phenoxy) is 2. The van der Waals surface area contributed by atoms with E-state index in [0.29, 0.717) is 11.3 Å². The maximum Gasteiger partial charge on any atom is 0.343 e. The van der Waals surface area contributed by atoms with Gasteiger partial charge in [-0.05, 0) is 6.07 Å². The summed E-state index contributed by atoms with van der Waals surface area (Å²) < 4.78 is 10.0. The van der Waals surface area contributed by atoms with Crippen LogP contribution in [0.25, 0.3) is 0 Å². The minimum Gasteiger partial charge on any atom is -0.467 e. The smallest absolute Gasteiger partial charge is 0.343 e. The highest BCUT2D eigenvalue weighted by atomic mass is 32.2. The Morgan fingerprint density at radius 1 is 1.50 bits per heavy atom. The lowest BCUT2D eigenvalue weighted by Crippen LogP contribution is -2.39. The summed E-state index contributed by atoms with van der Waals surface area (Å²) in [6.07, 6.45) is 0. The molecular weight excluding hydrogens is 258 g/mol. The summed E-state index contributed by atoms with van der Waals surface area (Å²) >= 11 is 1.42. The molecule has 0 fully saturated rings. The number of hydrogen-bond acceptors (Lipinski definition) is 6. The third-order valence-corrected chi connectivity index (χ3v) is 4.12. The quantitative estimate of drug-likeness (QED) is 0.472. The van der Waals surface area contributed by atoms with E-state index in [1.165, 1.54) is 38.1 Å². The number of nitro benzene ring substituents is 1. The number of fused-ring (bicyclic) bond motifs is 1. The summed E-state index contributed by atoms with van der Waals surface area (Å²) in [6, 6.07) is 4.41. The molecule has 18 heavy (non-hydrogen) atoms. The van der Waals surface area contributed by atoms with Crippen molar-refractivity contribution in [2.75, 3.05) is 20.0 Å². The highest BCUT2D eigenvalue weighted by Gasteiger charge is 2.48. The van der Waals surface area contributed by atoms with Crippen LogP contribution in [0.4, 0.5) is 5.69 Å². The first-order valence-corrected chi connectivity index (χ1v) is 6.09. The second-order valence-electron chi connectivity index (χ2n) is 3.75. The van der Waals surface area contributed by atoms with Crippen LogP contribution in [0.2, 0.25) is 0 Å². The molecule has 1 heterocycles. The molecule has 6 nitrogen and oxygen atoms in total. The summed E-state index contributed by atoms with van der Waals surface area (Å²) in [6.45, 7) is 0. The second-order valence-corrected chi connectivity index (χ2v) is 4.77. The average molecular weight is 269 g/mol. The predicted molar refractivity (Wildman–Crippen MR) is 64.5 cm³/mol. The van der Waals surface area contributed by atoms with Crippen LogP contribution < -0.4 is 0 Å². The minimum absolute atomic E-state index is 0.0680. The molecule has 0 aliphatic carbocycles. The molecule has 0 bridgehead atoms. The van der Waals surface area contributed by atoms with Crippen LogP contribution in [0, 0.1) is 10.1 Å². The zero-order chi connectivity index (χ0) is 13.3. The molecule has 96 valence electrons. The standard InChI is InChI=1S/C11H11NO5S/c1-16-10(13)11(17-2)6-18-9-4-3-7(12(14)15)5-8(9)11/h3-5H,6H2,1-2H3. The van der Waals surface area contributed by atoms with E-state index in [1.54, 1.807) is 6.07 Å². The summed E-state index contributed by atoms with van der Waals surface area (Å²) in [5, 5.41) is 10.8. The lowest BCUT2D eigenvalue weighted by atomic mass is 9.95. The summed E-state index contributed by atoms with van der Waals surface area (Å²) in [7, 11) is 2.66. The van der Waals surface area contributed by atoms with Crippen molar-refractivity contribution >= 4 is 23.4 Å². The van der Waals surface area contributed by atoms with Crippen molar-refractivity contribution in [3.05, 3.63) is 33.9 Å². The highest BCUT2D eigenvalue weighted by molar-refractivity contribution is 7.99. The highest BCUT2D eigenvalue weighted by Crippen LogP contribution is 2.46. The molecule has 7 heteroatoms. The van der Waals surface area contributed by atoms with Crippen molar-refractivity contribution in [3.8, 4) is 0 Å². The van der Waals surface area contributed by atoms with Gasteiger partial charge < -0.3 is 9.47 Å². The molecule has 0 radical (unpaired) electrons. The van der Waals surface area contributed by atoms with Gasteiger partial charge >= 0.3 is 5.97 Å². The zero-order valence-corrected chi connectivity index (χ0v) is 10.7. The molecule has 0 N–H and O–H groups in total. The number of carbonyl (C=O) groups excluding carboxylic acids is 1. The fourth-order valence-electron chi connectivity index (χ4n) is 1.92. The lowest BCUT2D eigenvalue weighted by Gasteiger charge is -2.24. The van der Waals surface area contributed by atoms with Crippen molar-refractivity contribution < 1.29 is 19.2 Å². The molecule has 0 spiro atoms. The number of nitro groups is 1. The van der Waals surface area contributed by atoms with Crippen LogP contribution in [-0.2, 0) is 19.9 Å². The normalized spacial score (nSPS) is 21.4. The fraction of sp³-hybridized carbons (Fsp3) is 0.364. The van der Waals surface area contributed by atoms with E-state index in [0.717, 1.165) is 4.90 Å². The zero-order valence-electron chi connectivity index (χ0n) is 9.84. The summed E-state index contributed by atoms with van der Waals surface area (Å²) in [5.74, 6) is -0.191. The molecule has 1 atom stereocenters. The van der Waals surface area contributed by atoms with E-state index >= 15 is 0 Å². The van der Waals surface area contributed by atoms with Gasteiger partial charge in [0.05, 0.1) is 12.0 Å². The fourth-order valence-corrected chi connectivity index (χ4v) is 3.21. The van der Waals surface area contributed by atoms with E-state index in [2.05, 4.69) is 0 Å². The van der Waals surface area contributed by atoms with Crippen LogP contribution in [0.3, 0.4) is 0 Å². The van der Waals surface area contributed by atoms with Gasteiger partial charge in [0.2, 0.25) is 5.60 Å². The molecule has 1 aliphatic heterocycles. The Kier molecular flexibility index (Phi) is 3.27. The Labute approximate surface area is 107 Å². The van der Waals surface area contributed by atoms with E-state index in [9.17, 15) is 14.9 Å². The summed E-state index contributed by atoms with van der Waals surface area (Å²) in [4.78, 5) is 23.0. The number of methoxy groups -OCH3 is 2. The third kappa shape index (κ3) is 1.75. The molecule has 0 aromatic heterocycles. The van der Waals surface area contributed by atoms with Gasteiger partial charge in [-0.2, -0.15) is 0 Å². The van der Waals surface area contributed by atoms with E-state index in [-0.39, 0.29) is 5.69 Å². The molecule has 0 saturated heterocycles. The van der Waals surface area contributed by atoms with Gasteiger partial charge in [0.1, 0.15) is 0 Å². The average Bonchev–Trinajstić information content (AvgIpc) is 2.76. The maximum absolute atomic E-state index is 11.9. The van der Waals surface area contributed by atoms with Crippen LogP contribution in [-0.4, -0.2) is 30.9 Å². The van der Waals surface area contributed by atoms with Gasteiger partial charge in [-0.3, -0.25) is 10.1 Å². The number of non-ortho nitro benzene ring substituents is 1.